The molecule has 8 heteroatoms. The molecule has 1 aromatic rings. The third kappa shape index (κ3) is 2.96. The highest BCUT2D eigenvalue weighted by atomic mass is 19.4. The van der Waals surface area contributed by atoms with Crippen LogP contribution in [0, 0.1) is 0 Å². The van der Waals surface area contributed by atoms with Gasteiger partial charge < -0.3 is 0 Å². The van der Waals surface area contributed by atoms with E-state index in [0.717, 1.165) is 25.4 Å². The molecule has 15 heavy (non-hydrogen) atoms. The fourth-order valence-corrected chi connectivity index (χ4v) is 0.979. The van der Waals surface area contributed by atoms with E-state index in [1.54, 1.807) is 0 Å². The van der Waals surface area contributed by atoms with Crippen molar-refractivity contribution in [1.29, 1.82) is 0 Å². The highest BCUT2D eigenvalue weighted by Gasteiger charge is 2.34. The highest BCUT2D eigenvalue weighted by molar-refractivity contribution is 5.44. The molecule has 0 aliphatic heterocycles. The second-order valence-electron chi connectivity index (χ2n) is 2.71. The van der Waals surface area contributed by atoms with Gasteiger partial charge in [-0.05, 0) is 12.1 Å². The Morgan fingerprint density at radius 3 is 2.47 bits per heavy atom. The van der Waals surface area contributed by atoms with Crippen LogP contribution in [0.3, 0.4) is 0 Å². The topological polar surface area (TPSA) is 61.5 Å². The third-order valence-corrected chi connectivity index (χ3v) is 1.57. The number of rotatable bonds is 2. The maximum atomic E-state index is 12.3. The normalized spacial score (nSPS) is 12.4. The van der Waals surface area contributed by atoms with Gasteiger partial charge in [0.1, 0.15) is 5.69 Å². The Kier molecular flexibility index (Phi) is 3.01. The van der Waals surface area contributed by atoms with E-state index in [1.807, 2.05) is 0 Å². The maximum absolute atomic E-state index is 12.3. The summed E-state index contributed by atoms with van der Waals surface area (Å²) in [6, 6.07) is 0.792. The first-order chi connectivity index (χ1) is 6.80. The largest absolute Gasteiger partial charge is 0.433 e. The first-order valence-corrected chi connectivity index (χ1v) is 3.77. The highest BCUT2D eigenvalue weighted by Crippen LogP contribution is 2.29. The summed E-state index contributed by atoms with van der Waals surface area (Å²) in [5.74, 6) is 0. The molecular formula is C7H8F3N3O2. The molecule has 0 radical (unpaired) electrons. The van der Waals surface area contributed by atoms with E-state index in [-0.39, 0.29) is 10.9 Å². The van der Waals surface area contributed by atoms with E-state index < -0.39 is 11.9 Å². The Bertz CT molecular complexity index is 370. The van der Waals surface area contributed by atoms with Gasteiger partial charge in [0, 0.05) is 7.05 Å². The minimum atomic E-state index is -4.48. The second kappa shape index (κ2) is 3.91. The lowest BCUT2D eigenvalue weighted by atomic mass is 10.3. The summed E-state index contributed by atoms with van der Waals surface area (Å²) >= 11 is 0. The van der Waals surface area contributed by atoms with E-state index in [2.05, 4.69) is 5.10 Å². The molecular weight excluding hydrogens is 215 g/mol. The van der Waals surface area contributed by atoms with Crippen LogP contribution in [0.5, 0.6) is 0 Å². The predicted octanol–water partition coefficient (Wildman–Crippen LogP) is 1.49. The van der Waals surface area contributed by atoms with E-state index in [1.165, 1.54) is 0 Å². The molecule has 0 spiro atoms. The van der Waals surface area contributed by atoms with E-state index >= 15 is 0 Å². The van der Waals surface area contributed by atoms with Crippen LogP contribution in [-0.4, -0.2) is 25.4 Å². The van der Waals surface area contributed by atoms with Crippen molar-refractivity contribution in [1.82, 2.24) is 15.0 Å². The SMILES string of the molecule is Cn1nc(/C=C/N(O)O)cc1C(F)(F)F. The standard InChI is InChI=1S/C7H8F3N3O2/c1-12-6(7(8,9)10)4-5(11-12)2-3-13(14)15/h2-4,14-15H,1H3/b3-2+. The first-order valence-electron chi connectivity index (χ1n) is 3.77. The van der Waals surface area contributed by atoms with Gasteiger partial charge in [0.05, 0.1) is 11.9 Å². The molecule has 0 unspecified atom stereocenters. The molecule has 1 aromatic heterocycles. The van der Waals surface area contributed by atoms with Crippen molar-refractivity contribution in [3.63, 3.8) is 0 Å². The average molecular weight is 223 g/mol. The van der Waals surface area contributed by atoms with Crippen molar-refractivity contribution in [3.05, 3.63) is 23.7 Å². The lowest BCUT2D eigenvalue weighted by molar-refractivity contribution is -0.266. The van der Waals surface area contributed by atoms with Crippen LogP contribution in [0.2, 0.25) is 0 Å². The Hall–Kier alpha value is -1.54. The van der Waals surface area contributed by atoms with E-state index in [0.29, 0.717) is 4.68 Å². The molecule has 1 rings (SSSR count). The molecule has 0 fully saturated rings. The number of aryl methyl sites for hydroxylation is 1. The first kappa shape index (κ1) is 11.5. The van der Waals surface area contributed by atoms with Crippen LogP contribution in [0.15, 0.2) is 12.3 Å². The van der Waals surface area contributed by atoms with Crippen molar-refractivity contribution in [3.8, 4) is 0 Å². The summed E-state index contributed by atoms with van der Waals surface area (Å²) in [7, 11) is 1.15. The number of alkyl halides is 3. The Balaban J connectivity index is 2.96. The van der Waals surface area contributed by atoms with Gasteiger partial charge in [-0.2, -0.15) is 18.3 Å². The van der Waals surface area contributed by atoms with Crippen molar-refractivity contribution in [2.75, 3.05) is 0 Å². The zero-order chi connectivity index (χ0) is 11.6. The van der Waals surface area contributed by atoms with Gasteiger partial charge in [-0.25, -0.2) is 0 Å². The van der Waals surface area contributed by atoms with Crippen LogP contribution in [-0.2, 0) is 13.2 Å². The second-order valence-corrected chi connectivity index (χ2v) is 2.71. The molecule has 0 amide bonds. The summed E-state index contributed by atoms with van der Waals surface area (Å²) in [4.78, 5) is 0. The molecule has 2 N–H and O–H groups in total. The Labute approximate surface area is 82.6 Å². The summed E-state index contributed by atoms with van der Waals surface area (Å²) in [6.07, 6.45) is -2.70. The number of hydrogen-bond donors (Lipinski definition) is 2. The van der Waals surface area contributed by atoms with Crippen LogP contribution in [0.25, 0.3) is 6.08 Å². The maximum Gasteiger partial charge on any atom is 0.433 e. The minimum absolute atomic E-state index is 0.0297. The van der Waals surface area contributed by atoms with Crippen LogP contribution in [0.4, 0.5) is 13.2 Å². The van der Waals surface area contributed by atoms with Gasteiger partial charge in [0.25, 0.3) is 0 Å². The fourth-order valence-electron chi connectivity index (χ4n) is 0.979. The summed E-state index contributed by atoms with van der Waals surface area (Å²) in [6.45, 7) is 0. The Morgan fingerprint density at radius 1 is 1.47 bits per heavy atom. The third-order valence-electron chi connectivity index (χ3n) is 1.57. The molecule has 0 bridgehead atoms. The molecule has 0 aliphatic carbocycles. The Morgan fingerprint density at radius 2 is 2.07 bits per heavy atom. The minimum Gasteiger partial charge on any atom is -0.264 e. The summed E-state index contributed by atoms with van der Waals surface area (Å²) < 4.78 is 37.5. The number of hydrogen-bond acceptors (Lipinski definition) is 4. The molecule has 84 valence electrons. The molecule has 0 saturated carbocycles. The lowest BCUT2D eigenvalue weighted by Crippen LogP contribution is -2.11. The van der Waals surface area contributed by atoms with Crippen molar-refractivity contribution < 1.29 is 23.6 Å². The summed E-state index contributed by atoms with van der Waals surface area (Å²) in [5, 5.41) is 19.8. The van der Waals surface area contributed by atoms with Crippen LogP contribution < -0.4 is 0 Å². The number of hydroxylamine groups is 2. The molecule has 0 saturated heterocycles. The van der Waals surface area contributed by atoms with Crippen molar-refractivity contribution in [2.45, 2.75) is 6.18 Å². The lowest BCUT2D eigenvalue weighted by Gasteiger charge is -2.04. The molecule has 0 aromatic carbocycles. The van der Waals surface area contributed by atoms with Gasteiger partial charge in [-0.15, -0.1) is 5.23 Å². The van der Waals surface area contributed by atoms with E-state index in [9.17, 15) is 13.2 Å². The number of aromatic nitrogens is 2. The molecule has 1 heterocycles. The molecule has 0 aliphatic rings. The van der Waals surface area contributed by atoms with Gasteiger partial charge in [0.15, 0.2) is 0 Å². The zero-order valence-corrected chi connectivity index (χ0v) is 7.60. The predicted molar refractivity (Wildman–Crippen MR) is 42.7 cm³/mol. The van der Waals surface area contributed by atoms with Gasteiger partial charge in [0.2, 0.25) is 0 Å². The van der Waals surface area contributed by atoms with Crippen molar-refractivity contribution in [2.24, 2.45) is 7.05 Å². The fraction of sp³-hybridized carbons (Fsp3) is 0.286. The zero-order valence-electron chi connectivity index (χ0n) is 7.60. The quantitative estimate of drug-likeness (QED) is 0.745. The monoisotopic (exact) mass is 223 g/mol. The van der Waals surface area contributed by atoms with Gasteiger partial charge in [-0.1, -0.05) is 0 Å². The molecule has 0 atom stereocenters. The van der Waals surface area contributed by atoms with Gasteiger partial charge >= 0.3 is 6.18 Å². The smallest absolute Gasteiger partial charge is 0.264 e. The van der Waals surface area contributed by atoms with Crippen molar-refractivity contribution >= 4 is 6.08 Å². The average Bonchev–Trinajstić information content (AvgIpc) is 2.42. The summed E-state index contributed by atoms with van der Waals surface area (Å²) in [5.41, 5.74) is -0.942. The number of halogens is 3. The van der Waals surface area contributed by atoms with Crippen LogP contribution in [0.1, 0.15) is 11.4 Å². The number of nitrogens with zero attached hydrogens (tertiary/aromatic N) is 3. The van der Waals surface area contributed by atoms with Gasteiger partial charge in [-0.3, -0.25) is 15.1 Å². The van der Waals surface area contributed by atoms with E-state index in [4.69, 9.17) is 10.4 Å². The molecule has 5 nitrogen and oxygen atoms in total. The van der Waals surface area contributed by atoms with Crippen LogP contribution >= 0.6 is 0 Å².